The van der Waals surface area contributed by atoms with Gasteiger partial charge in [-0.15, -0.1) is 10.2 Å². The fourth-order valence-electron chi connectivity index (χ4n) is 2.89. The molecule has 0 saturated carbocycles. The second-order valence-electron chi connectivity index (χ2n) is 6.92. The van der Waals surface area contributed by atoms with Crippen LogP contribution in [0.1, 0.15) is 5.56 Å². The highest BCUT2D eigenvalue weighted by Gasteiger charge is 2.13. The van der Waals surface area contributed by atoms with E-state index in [1.165, 1.54) is 0 Å². The number of pyridine rings is 1. The minimum atomic E-state index is -3.62. The summed E-state index contributed by atoms with van der Waals surface area (Å²) in [5, 5.41) is 18.4. The van der Waals surface area contributed by atoms with Gasteiger partial charge in [-0.1, -0.05) is 0 Å². The van der Waals surface area contributed by atoms with Crippen LogP contribution in [0.5, 0.6) is 0 Å². The van der Waals surface area contributed by atoms with Crippen LogP contribution in [0.4, 0.5) is 17.5 Å². The van der Waals surface area contributed by atoms with Crippen molar-refractivity contribution in [3.63, 3.8) is 0 Å². The molecule has 4 aromatic rings. The normalized spacial score (nSPS) is 11.3. The van der Waals surface area contributed by atoms with Crippen LogP contribution in [-0.2, 0) is 10.0 Å². The Labute approximate surface area is 185 Å². The highest BCUT2D eigenvalue weighted by molar-refractivity contribution is 7.89. The van der Waals surface area contributed by atoms with Gasteiger partial charge in [-0.2, -0.15) is 5.10 Å². The van der Waals surface area contributed by atoms with Gasteiger partial charge in [0.15, 0.2) is 5.82 Å². The van der Waals surface area contributed by atoms with Crippen molar-refractivity contribution < 1.29 is 8.42 Å². The number of hydrogen-bond donors (Lipinski definition) is 3. The van der Waals surface area contributed by atoms with Gasteiger partial charge in [0.25, 0.3) is 0 Å². The van der Waals surface area contributed by atoms with Crippen molar-refractivity contribution in [2.45, 2.75) is 11.8 Å². The molecule has 1 aromatic carbocycles. The van der Waals surface area contributed by atoms with Crippen molar-refractivity contribution in [1.29, 1.82) is 0 Å². The molecule has 0 spiro atoms. The van der Waals surface area contributed by atoms with Gasteiger partial charge in [0, 0.05) is 31.7 Å². The molecule has 0 saturated heterocycles. The summed E-state index contributed by atoms with van der Waals surface area (Å²) in [5.74, 6) is 1.79. The van der Waals surface area contributed by atoms with Crippen LogP contribution in [0.2, 0.25) is 0 Å². The highest BCUT2D eigenvalue weighted by atomic mass is 32.2. The standard InChI is InChI=1S/C21H22N8O2S/c1-16-9-11-22-21(15-16)26-20-8-7-19(27-28-20)23-12-13-25-32(30,31)18-5-3-17(4-6-18)29-14-2-10-24-29/h2-11,14-15,25H,12-13H2,1H3,(H,23,27)(H,22,26,28). The summed E-state index contributed by atoms with van der Waals surface area (Å²) in [6.45, 7) is 2.53. The molecule has 11 heteroatoms. The van der Waals surface area contributed by atoms with E-state index < -0.39 is 10.0 Å². The van der Waals surface area contributed by atoms with Crippen molar-refractivity contribution >= 4 is 27.5 Å². The molecule has 164 valence electrons. The molecule has 0 radical (unpaired) electrons. The first-order valence-corrected chi connectivity index (χ1v) is 11.3. The smallest absolute Gasteiger partial charge is 0.240 e. The third-order valence-electron chi connectivity index (χ3n) is 4.48. The Bertz CT molecular complexity index is 1260. The quantitative estimate of drug-likeness (QED) is 0.332. The van der Waals surface area contributed by atoms with Crippen LogP contribution < -0.4 is 15.4 Å². The highest BCUT2D eigenvalue weighted by Crippen LogP contribution is 2.14. The molecule has 0 unspecified atom stereocenters. The van der Waals surface area contributed by atoms with E-state index in [9.17, 15) is 8.42 Å². The lowest BCUT2D eigenvalue weighted by molar-refractivity contribution is 0.583. The molecule has 4 rings (SSSR count). The second kappa shape index (κ2) is 9.54. The number of hydrogen-bond acceptors (Lipinski definition) is 8. The molecule has 0 fully saturated rings. The first kappa shape index (κ1) is 21.4. The molecule has 3 N–H and O–H groups in total. The molecule has 0 aliphatic rings. The summed E-state index contributed by atoms with van der Waals surface area (Å²) in [6, 6.07) is 15.7. The van der Waals surface area contributed by atoms with Crippen molar-refractivity contribution in [3.05, 3.63) is 78.8 Å². The third-order valence-corrected chi connectivity index (χ3v) is 5.95. The van der Waals surface area contributed by atoms with Crippen molar-refractivity contribution in [1.82, 2.24) is 29.7 Å². The van der Waals surface area contributed by atoms with Crippen molar-refractivity contribution in [2.24, 2.45) is 0 Å². The van der Waals surface area contributed by atoms with Crippen LogP contribution in [0.25, 0.3) is 5.69 Å². The molecule has 32 heavy (non-hydrogen) atoms. The van der Waals surface area contributed by atoms with E-state index in [1.54, 1.807) is 65.7 Å². The zero-order valence-corrected chi connectivity index (χ0v) is 18.1. The van der Waals surface area contributed by atoms with Crippen LogP contribution in [0.3, 0.4) is 0 Å². The lowest BCUT2D eigenvalue weighted by Crippen LogP contribution is -2.29. The molecule has 0 amide bonds. The summed E-state index contributed by atoms with van der Waals surface area (Å²) in [5.41, 5.74) is 1.87. The Morgan fingerprint density at radius 2 is 1.69 bits per heavy atom. The topological polar surface area (TPSA) is 127 Å². The SMILES string of the molecule is Cc1ccnc(Nc2ccc(NCCNS(=O)(=O)c3ccc(-n4cccn4)cc3)nn2)c1. The molecular weight excluding hydrogens is 428 g/mol. The summed E-state index contributed by atoms with van der Waals surface area (Å²) >= 11 is 0. The van der Waals surface area contributed by atoms with E-state index in [2.05, 4.69) is 35.6 Å². The maximum atomic E-state index is 12.5. The lowest BCUT2D eigenvalue weighted by Gasteiger charge is -2.09. The summed E-state index contributed by atoms with van der Waals surface area (Å²) in [7, 11) is -3.62. The Hall–Kier alpha value is -3.83. The minimum Gasteiger partial charge on any atom is -0.367 e. The number of benzene rings is 1. The van der Waals surface area contributed by atoms with Crippen LogP contribution in [0.15, 0.2) is 78.1 Å². The van der Waals surface area contributed by atoms with Gasteiger partial charge < -0.3 is 10.6 Å². The first-order valence-electron chi connectivity index (χ1n) is 9.87. The summed E-state index contributed by atoms with van der Waals surface area (Å²) < 4.78 is 29.2. The average molecular weight is 451 g/mol. The number of nitrogens with one attached hydrogen (secondary N) is 3. The first-order chi connectivity index (χ1) is 15.5. The van der Waals surface area contributed by atoms with Crippen LogP contribution in [-0.4, -0.2) is 46.5 Å². The third kappa shape index (κ3) is 5.45. The summed E-state index contributed by atoms with van der Waals surface area (Å²) in [4.78, 5) is 4.41. The zero-order chi connectivity index (χ0) is 22.4. The molecule has 0 aliphatic heterocycles. The van der Waals surface area contributed by atoms with E-state index >= 15 is 0 Å². The van der Waals surface area contributed by atoms with Gasteiger partial charge in [0.2, 0.25) is 10.0 Å². The Morgan fingerprint density at radius 1 is 0.906 bits per heavy atom. The summed E-state index contributed by atoms with van der Waals surface area (Å²) in [6.07, 6.45) is 5.17. The monoisotopic (exact) mass is 450 g/mol. The minimum absolute atomic E-state index is 0.188. The predicted molar refractivity (Wildman–Crippen MR) is 122 cm³/mol. The lowest BCUT2D eigenvalue weighted by atomic mass is 10.3. The Balaban J connectivity index is 1.26. The van der Waals surface area contributed by atoms with Crippen molar-refractivity contribution in [2.75, 3.05) is 23.7 Å². The van der Waals surface area contributed by atoms with Crippen LogP contribution >= 0.6 is 0 Å². The largest absolute Gasteiger partial charge is 0.367 e. The molecular formula is C21H22N8O2S. The van der Waals surface area contributed by atoms with Gasteiger partial charge in [0.1, 0.15) is 11.6 Å². The number of aryl methyl sites for hydroxylation is 1. The number of anilines is 3. The van der Waals surface area contributed by atoms with E-state index in [4.69, 9.17) is 0 Å². The number of aromatic nitrogens is 5. The number of rotatable bonds is 9. The fourth-order valence-corrected chi connectivity index (χ4v) is 3.92. The van der Waals surface area contributed by atoms with E-state index in [-0.39, 0.29) is 11.4 Å². The van der Waals surface area contributed by atoms with Gasteiger partial charge in [-0.3, -0.25) is 0 Å². The molecule has 10 nitrogen and oxygen atoms in total. The number of sulfonamides is 1. The van der Waals surface area contributed by atoms with E-state index in [0.717, 1.165) is 11.3 Å². The van der Waals surface area contributed by atoms with Crippen LogP contribution in [0, 0.1) is 6.92 Å². The second-order valence-corrected chi connectivity index (χ2v) is 8.68. The van der Waals surface area contributed by atoms with Gasteiger partial charge >= 0.3 is 0 Å². The molecule has 0 aliphatic carbocycles. The average Bonchev–Trinajstić information content (AvgIpc) is 3.33. The molecule has 0 bridgehead atoms. The van der Waals surface area contributed by atoms with Gasteiger partial charge in [0.05, 0.1) is 10.6 Å². The Morgan fingerprint density at radius 3 is 2.38 bits per heavy atom. The number of nitrogens with zero attached hydrogens (tertiary/aromatic N) is 5. The molecule has 0 atom stereocenters. The van der Waals surface area contributed by atoms with E-state index in [1.807, 2.05) is 19.1 Å². The van der Waals surface area contributed by atoms with Gasteiger partial charge in [-0.25, -0.2) is 22.8 Å². The van der Waals surface area contributed by atoms with E-state index in [0.29, 0.717) is 24.0 Å². The van der Waals surface area contributed by atoms with Crippen molar-refractivity contribution in [3.8, 4) is 5.69 Å². The van der Waals surface area contributed by atoms with Gasteiger partial charge in [-0.05, 0) is 67.1 Å². The fraction of sp³-hybridized carbons (Fsp3) is 0.143. The Kier molecular flexibility index (Phi) is 6.38. The maximum Gasteiger partial charge on any atom is 0.240 e. The predicted octanol–water partition coefficient (Wildman–Crippen LogP) is 2.50. The molecule has 3 heterocycles. The molecule has 3 aromatic heterocycles. The maximum absolute atomic E-state index is 12.5. The zero-order valence-electron chi connectivity index (χ0n) is 17.3.